The number of nitrogens with one attached hydrogen (secondary N) is 1. The monoisotopic (exact) mass is 309 g/mol. The molecule has 1 N–H and O–H groups in total. The summed E-state index contributed by atoms with van der Waals surface area (Å²) in [6, 6.07) is 11.0. The van der Waals surface area contributed by atoms with Gasteiger partial charge >= 0.3 is 0 Å². The van der Waals surface area contributed by atoms with E-state index < -0.39 is 0 Å². The molecule has 0 aliphatic heterocycles. The third-order valence-electron chi connectivity index (χ3n) is 3.24. The lowest BCUT2D eigenvalue weighted by Crippen LogP contribution is -2.23. The Bertz CT molecular complexity index is 784. The average Bonchev–Trinajstić information content (AvgIpc) is 3.11. The van der Waals surface area contributed by atoms with Crippen LogP contribution in [0.25, 0.3) is 5.69 Å². The molecule has 2 heterocycles. The van der Waals surface area contributed by atoms with Gasteiger partial charge in [0, 0.05) is 18.9 Å². The van der Waals surface area contributed by atoms with Crippen molar-refractivity contribution in [1.29, 1.82) is 0 Å². The normalized spacial score (nSPS) is 10.3. The van der Waals surface area contributed by atoms with E-state index in [1.165, 1.54) is 0 Å². The fourth-order valence-corrected chi connectivity index (χ4v) is 2.00. The minimum atomic E-state index is -0.284. The average molecular weight is 309 g/mol. The molecule has 2 aromatic heterocycles. The van der Waals surface area contributed by atoms with Gasteiger partial charge in [-0.1, -0.05) is 11.3 Å². The molecular weight excluding hydrogens is 294 g/mol. The smallest absolute Gasteiger partial charge is 0.273 e. The topological polar surface area (TPSA) is 81.9 Å². The Balaban J connectivity index is 1.67. The number of nitrogens with zero attached hydrogens (tertiary/aromatic N) is 4. The van der Waals surface area contributed by atoms with E-state index in [-0.39, 0.29) is 11.6 Å². The van der Waals surface area contributed by atoms with Crippen LogP contribution in [0.1, 0.15) is 16.1 Å². The SMILES string of the molecule is COc1ccc(-n2cc(C(=O)NCc3cccnc3)nn2)cc1. The first kappa shape index (κ1) is 14.7. The first-order valence-electron chi connectivity index (χ1n) is 7.00. The van der Waals surface area contributed by atoms with Gasteiger partial charge in [0.1, 0.15) is 5.75 Å². The van der Waals surface area contributed by atoms with Crippen LogP contribution in [0.4, 0.5) is 0 Å². The molecule has 0 saturated carbocycles. The first-order chi connectivity index (χ1) is 11.3. The number of methoxy groups -OCH3 is 1. The molecule has 0 fully saturated rings. The molecule has 0 atom stereocenters. The number of aromatic nitrogens is 4. The van der Waals surface area contributed by atoms with Crippen molar-refractivity contribution in [3.05, 3.63) is 66.2 Å². The lowest BCUT2D eigenvalue weighted by molar-refractivity contribution is 0.0946. The van der Waals surface area contributed by atoms with E-state index in [1.807, 2.05) is 36.4 Å². The van der Waals surface area contributed by atoms with Crippen molar-refractivity contribution in [2.75, 3.05) is 7.11 Å². The third-order valence-corrected chi connectivity index (χ3v) is 3.24. The Kier molecular flexibility index (Phi) is 4.28. The zero-order valence-electron chi connectivity index (χ0n) is 12.5. The highest BCUT2D eigenvalue weighted by atomic mass is 16.5. The van der Waals surface area contributed by atoms with Gasteiger partial charge in [-0.25, -0.2) is 4.68 Å². The minimum Gasteiger partial charge on any atom is -0.497 e. The lowest BCUT2D eigenvalue weighted by atomic mass is 10.3. The molecule has 0 aliphatic rings. The Labute approximate surface area is 132 Å². The van der Waals surface area contributed by atoms with Gasteiger partial charge in [-0.05, 0) is 35.9 Å². The molecule has 23 heavy (non-hydrogen) atoms. The van der Waals surface area contributed by atoms with Crippen LogP contribution >= 0.6 is 0 Å². The maximum Gasteiger partial charge on any atom is 0.273 e. The molecular formula is C16H15N5O2. The van der Waals surface area contributed by atoms with Crippen molar-refractivity contribution < 1.29 is 9.53 Å². The summed E-state index contributed by atoms with van der Waals surface area (Å²) in [5.41, 5.74) is 1.97. The van der Waals surface area contributed by atoms with Gasteiger partial charge in [-0.3, -0.25) is 9.78 Å². The van der Waals surface area contributed by atoms with Crippen LogP contribution in [0.5, 0.6) is 5.75 Å². The van der Waals surface area contributed by atoms with Crippen LogP contribution in [0.3, 0.4) is 0 Å². The predicted octanol–water partition coefficient (Wildman–Crippen LogP) is 1.60. The summed E-state index contributed by atoms with van der Waals surface area (Å²) in [5.74, 6) is 0.469. The minimum absolute atomic E-state index is 0.254. The molecule has 0 bridgehead atoms. The Morgan fingerprint density at radius 1 is 1.26 bits per heavy atom. The maximum atomic E-state index is 12.1. The number of pyridine rings is 1. The van der Waals surface area contributed by atoms with Crippen LogP contribution in [0.2, 0.25) is 0 Å². The van der Waals surface area contributed by atoms with Gasteiger partial charge in [0.15, 0.2) is 5.69 Å². The standard InChI is InChI=1S/C16H15N5O2/c1-23-14-6-4-13(5-7-14)21-11-15(19-20-21)16(22)18-10-12-3-2-8-17-9-12/h2-9,11H,10H2,1H3,(H,18,22). The number of hydrogen-bond donors (Lipinski definition) is 1. The van der Waals surface area contributed by atoms with E-state index in [0.717, 1.165) is 17.0 Å². The van der Waals surface area contributed by atoms with E-state index in [2.05, 4.69) is 20.6 Å². The van der Waals surface area contributed by atoms with Crippen molar-refractivity contribution in [2.45, 2.75) is 6.54 Å². The van der Waals surface area contributed by atoms with Crippen molar-refractivity contribution in [3.8, 4) is 11.4 Å². The first-order valence-corrected chi connectivity index (χ1v) is 7.00. The number of carbonyl (C=O) groups excluding carboxylic acids is 1. The van der Waals surface area contributed by atoms with Gasteiger partial charge in [-0.15, -0.1) is 5.10 Å². The molecule has 116 valence electrons. The summed E-state index contributed by atoms with van der Waals surface area (Å²) in [6.07, 6.45) is 4.97. The summed E-state index contributed by atoms with van der Waals surface area (Å²) in [5, 5.41) is 10.7. The van der Waals surface area contributed by atoms with Gasteiger partial charge in [-0.2, -0.15) is 0 Å². The van der Waals surface area contributed by atoms with E-state index in [4.69, 9.17) is 4.74 Å². The molecule has 0 aliphatic carbocycles. The van der Waals surface area contributed by atoms with Gasteiger partial charge < -0.3 is 10.1 Å². The second-order valence-corrected chi connectivity index (χ2v) is 4.79. The fraction of sp³-hybridized carbons (Fsp3) is 0.125. The lowest BCUT2D eigenvalue weighted by Gasteiger charge is -2.03. The fourth-order valence-electron chi connectivity index (χ4n) is 2.00. The van der Waals surface area contributed by atoms with Crippen LogP contribution in [0.15, 0.2) is 55.0 Å². The quantitative estimate of drug-likeness (QED) is 0.774. The number of rotatable bonds is 5. The number of ether oxygens (including phenoxy) is 1. The Morgan fingerprint density at radius 2 is 2.09 bits per heavy atom. The zero-order chi connectivity index (χ0) is 16.1. The van der Waals surface area contributed by atoms with E-state index in [1.54, 1.807) is 30.4 Å². The Hall–Kier alpha value is -3.22. The molecule has 0 saturated heterocycles. The highest BCUT2D eigenvalue weighted by Crippen LogP contribution is 2.14. The summed E-state index contributed by atoms with van der Waals surface area (Å²) in [6.45, 7) is 0.391. The number of hydrogen-bond acceptors (Lipinski definition) is 5. The van der Waals surface area contributed by atoms with Crippen molar-refractivity contribution >= 4 is 5.91 Å². The Morgan fingerprint density at radius 3 is 2.78 bits per heavy atom. The molecule has 0 unspecified atom stereocenters. The second-order valence-electron chi connectivity index (χ2n) is 4.79. The third kappa shape index (κ3) is 3.52. The van der Waals surface area contributed by atoms with Crippen molar-refractivity contribution in [1.82, 2.24) is 25.3 Å². The van der Waals surface area contributed by atoms with Gasteiger partial charge in [0.2, 0.25) is 0 Å². The number of carbonyl (C=O) groups is 1. The molecule has 1 amide bonds. The van der Waals surface area contributed by atoms with Crippen LogP contribution in [-0.2, 0) is 6.54 Å². The largest absolute Gasteiger partial charge is 0.497 e. The molecule has 1 aromatic carbocycles. The summed E-state index contributed by atoms with van der Waals surface area (Å²) in [4.78, 5) is 16.1. The highest BCUT2D eigenvalue weighted by molar-refractivity contribution is 5.91. The van der Waals surface area contributed by atoms with Gasteiger partial charge in [0.25, 0.3) is 5.91 Å². The highest BCUT2D eigenvalue weighted by Gasteiger charge is 2.11. The molecule has 0 spiro atoms. The summed E-state index contributed by atoms with van der Waals surface area (Å²) < 4.78 is 6.65. The van der Waals surface area contributed by atoms with E-state index >= 15 is 0 Å². The van der Waals surface area contributed by atoms with Crippen LogP contribution < -0.4 is 10.1 Å². The maximum absolute atomic E-state index is 12.1. The predicted molar refractivity (Wildman–Crippen MR) is 83.3 cm³/mol. The molecule has 0 radical (unpaired) electrons. The number of benzene rings is 1. The zero-order valence-corrected chi connectivity index (χ0v) is 12.5. The molecule has 3 aromatic rings. The second kappa shape index (κ2) is 6.69. The summed E-state index contributed by atoms with van der Waals surface area (Å²) in [7, 11) is 1.61. The van der Waals surface area contributed by atoms with Crippen LogP contribution in [0, 0.1) is 0 Å². The van der Waals surface area contributed by atoms with E-state index in [0.29, 0.717) is 6.54 Å². The number of amides is 1. The molecule has 7 heteroatoms. The van der Waals surface area contributed by atoms with Crippen LogP contribution in [-0.4, -0.2) is 33.0 Å². The molecule has 7 nitrogen and oxygen atoms in total. The van der Waals surface area contributed by atoms with E-state index in [9.17, 15) is 4.79 Å². The van der Waals surface area contributed by atoms with Crippen molar-refractivity contribution in [3.63, 3.8) is 0 Å². The summed E-state index contributed by atoms with van der Waals surface area (Å²) >= 11 is 0. The van der Waals surface area contributed by atoms with Crippen molar-refractivity contribution in [2.24, 2.45) is 0 Å². The van der Waals surface area contributed by atoms with Gasteiger partial charge in [0.05, 0.1) is 19.0 Å². The molecule has 3 rings (SSSR count).